The second kappa shape index (κ2) is 7.32. The Morgan fingerprint density at radius 3 is 2.80 bits per heavy atom. The van der Waals surface area contributed by atoms with Crippen molar-refractivity contribution in [1.82, 2.24) is 10.3 Å². The fourth-order valence-corrected chi connectivity index (χ4v) is 2.72. The number of halogens is 1. The van der Waals surface area contributed by atoms with E-state index in [0.717, 1.165) is 16.5 Å². The van der Waals surface area contributed by atoms with E-state index < -0.39 is 0 Å². The molecule has 0 atom stereocenters. The lowest BCUT2D eigenvalue weighted by atomic mass is 10.1. The van der Waals surface area contributed by atoms with Gasteiger partial charge in [-0.3, -0.25) is 4.79 Å². The van der Waals surface area contributed by atoms with Gasteiger partial charge in [0.15, 0.2) is 11.5 Å². The zero-order valence-corrected chi connectivity index (χ0v) is 14.0. The van der Waals surface area contributed by atoms with E-state index in [4.69, 9.17) is 11.6 Å². The maximum atomic E-state index is 11.9. The van der Waals surface area contributed by atoms with Gasteiger partial charge in [-0.2, -0.15) is 0 Å². The number of H-pyrrole nitrogens is 1. The number of amides is 1. The van der Waals surface area contributed by atoms with Crippen molar-refractivity contribution >= 4 is 34.5 Å². The van der Waals surface area contributed by atoms with Crippen LogP contribution in [0.3, 0.4) is 0 Å². The molecule has 0 aliphatic rings. The lowest BCUT2D eigenvalue weighted by Crippen LogP contribution is -2.23. The van der Waals surface area contributed by atoms with Crippen LogP contribution in [0, 0.1) is 0 Å². The monoisotopic (exact) mass is 356 g/mol. The molecule has 0 radical (unpaired) electrons. The molecule has 4 N–H and O–H groups in total. The first-order valence-corrected chi connectivity index (χ1v) is 8.14. The van der Waals surface area contributed by atoms with Gasteiger partial charge in [0.05, 0.1) is 0 Å². The Kier molecular flexibility index (Phi) is 4.95. The SMILES string of the molecule is O=C(/C=C/c1ccc(O)c(O)c1)NCCc1c[nH]c2ccc(Cl)cc12. The zero-order chi connectivity index (χ0) is 17.8. The van der Waals surface area contributed by atoms with Crippen molar-refractivity contribution in [1.29, 1.82) is 0 Å². The number of aromatic nitrogens is 1. The Morgan fingerprint density at radius 2 is 2.00 bits per heavy atom. The molecular weight excluding hydrogens is 340 g/mol. The van der Waals surface area contributed by atoms with Crippen LogP contribution < -0.4 is 5.32 Å². The molecule has 0 bridgehead atoms. The van der Waals surface area contributed by atoms with Crippen molar-refractivity contribution in [3.8, 4) is 11.5 Å². The molecule has 1 aromatic heterocycles. The van der Waals surface area contributed by atoms with Crippen LogP contribution in [0.15, 0.2) is 48.7 Å². The molecule has 3 rings (SSSR count). The third kappa shape index (κ3) is 4.14. The second-order valence-electron chi connectivity index (χ2n) is 5.63. The van der Waals surface area contributed by atoms with E-state index in [-0.39, 0.29) is 17.4 Å². The van der Waals surface area contributed by atoms with E-state index in [0.29, 0.717) is 23.6 Å². The highest BCUT2D eigenvalue weighted by atomic mass is 35.5. The number of hydrogen-bond acceptors (Lipinski definition) is 3. The minimum Gasteiger partial charge on any atom is -0.504 e. The van der Waals surface area contributed by atoms with Crippen molar-refractivity contribution in [2.24, 2.45) is 0 Å². The Labute approximate surface area is 149 Å². The lowest BCUT2D eigenvalue weighted by Gasteiger charge is -2.02. The summed E-state index contributed by atoms with van der Waals surface area (Å²) in [6.45, 7) is 0.490. The molecule has 0 unspecified atom stereocenters. The summed E-state index contributed by atoms with van der Waals surface area (Å²) in [5, 5.41) is 23.2. The van der Waals surface area contributed by atoms with Crippen LogP contribution >= 0.6 is 11.6 Å². The zero-order valence-electron chi connectivity index (χ0n) is 13.3. The first-order chi connectivity index (χ1) is 12.0. The maximum absolute atomic E-state index is 11.9. The first kappa shape index (κ1) is 16.9. The summed E-state index contributed by atoms with van der Waals surface area (Å²) < 4.78 is 0. The number of carbonyl (C=O) groups is 1. The third-order valence-corrected chi connectivity index (χ3v) is 4.08. The second-order valence-corrected chi connectivity index (χ2v) is 6.06. The van der Waals surface area contributed by atoms with E-state index in [9.17, 15) is 15.0 Å². The van der Waals surface area contributed by atoms with Gasteiger partial charge in [0.25, 0.3) is 0 Å². The number of aromatic hydroxyl groups is 2. The number of benzene rings is 2. The minimum absolute atomic E-state index is 0.194. The predicted octanol–water partition coefficient (Wildman–Crippen LogP) is 3.60. The largest absolute Gasteiger partial charge is 0.504 e. The first-order valence-electron chi connectivity index (χ1n) is 7.76. The van der Waals surface area contributed by atoms with Crippen molar-refractivity contribution in [3.63, 3.8) is 0 Å². The van der Waals surface area contributed by atoms with Gasteiger partial charge in [0.2, 0.25) is 5.91 Å². The molecule has 0 fully saturated rings. The van der Waals surface area contributed by atoms with Crippen LogP contribution in [-0.2, 0) is 11.2 Å². The molecule has 5 nitrogen and oxygen atoms in total. The molecule has 3 aromatic rings. The van der Waals surface area contributed by atoms with Gasteiger partial charge in [0.1, 0.15) is 0 Å². The number of rotatable bonds is 5. The Morgan fingerprint density at radius 1 is 1.16 bits per heavy atom. The Hall–Kier alpha value is -2.92. The Bertz CT molecular complexity index is 947. The highest BCUT2D eigenvalue weighted by Gasteiger charge is 2.05. The van der Waals surface area contributed by atoms with E-state index in [2.05, 4.69) is 10.3 Å². The molecule has 1 amide bonds. The van der Waals surface area contributed by atoms with Gasteiger partial charge in [-0.15, -0.1) is 0 Å². The number of aromatic amines is 1. The molecular formula is C19H17ClN2O3. The van der Waals surface area contributed by atoms with E-state index in [1.807, 2.05) is 24.4 Å². The van der Waals surface area contributed by atoms with Crippen LogP contribution in [-0.4, -0.2) is 27.6 Å². The standard InChI is InChI=1S/C19H17ClN2O3/c20-14-3-4-16-15(10-14)13(11-22-16)7-8-21-19(25)6-2-12-1-5-17(23)18(24)9-12/h1-6,9-11,22-24H,7-8H2,(H,21,25)/b6-2+. The number of nitrogens with one attached hydrogen (secondary N) is 2. The summed E-state index contributed by atoms with van der Waals surface area (Å²) in [6.07, 6.45) is 5.56. The number of phenolic OH excluding ortho intramolecular Hbond substituents is 2. The van der Waals surface area contributed by atoms with Gasteiger partial charge < -0.3 is 20.5 Å². The van der Waals surface area contributed by atoms with Crippen LogP contribution in [0.5, 0.6) is 11.5 Å². The highest BCUT2D eigenvalue weighted by molar-refractivity contribution is 6.31. The molecule has 0 aliphatic heterocycles. The van der Waals surface area contributed by atoms with E-state index >= 15 is 0 Å². The van der Waals surface area contributed by atoms with Crippen LogP contribution in [0.25, 0.3) is 17.0 Å². The minimum atomic E-state index is -0.231. The van der Waals surface area contributed by atoms with Gasteiger partial charge in [-0.1, -0.05) is 17.7 Å². The van der Waals surface area contributed by atoms with Gasteiger partial charge in [-0.25, -0.2) is 0 Å². The summed E-state index contributed by atoms with van der Waals surface area (Å²) >= 11 is 6.03. The van der Waals surface area contributed by atoms with Gasteiger partial charge >= 0.3 is 0 Å². The van der Waals surface area contributed by atoms with Crippen molar-refractivity contribution in [2.45, 2.75) is 6.42 Å². The summed E-state index contributed by atoms with van der Waals surface area (Å²) in [6, 6.07) is 10.0. The molecule has 128 valence electrons. The number of carbonyl (C=O) groups excluding carboxylic acids is 1. The fourth-order valence-electron chi connectivity index (χ4n) is 2.55. The molecule has 6 heteroatoms. The maximum Gasteiger partial charge on any atom is 0.244 e. The number of phenols is 2. The topological polar surface area (TPSA) is 85.3 Å². The lowest BCUT2D eigenvalue weighted by molar-refractivity contribution is -0.116. The summed E-state index contributed by atoms with van der Waals surface area (Å²) in [4.78, 5) is 15.1. The van der Waals surface area contributed by atoms with Crippen molar-refractivity contribution in [2.75, 3.05) is 6.54 Å². The molecule has 1 heterocycles. The van der Waals surface area contributed by atoms with Crippen LogP contribution in [0.4, 0.5) is 0 Å². The predicted molar refractivity (Wildman–Crippen MR) is 98.8 cm³/mol. The van der Waals surface area contributed by atoms with Crippen LogP contribution in [0.2, 0.25) is 5.02 Å². The van der Waals surface area contributed by atoms with Crippen molar-refractivity contribution in [3.05, 3.63) is 64.8 Å². The Balaban J connectivity index is 1.56. The van der Waals surface area contributed by atoms with E-state index in [1.165, 1.54) is 18.2 Å². The molecule has 0 saturated heterocycles. The average Bonchev–Trinajstić information content (AvgIpc) is 2.98. The molecule has 0 saturated carbocycles. The number of hydrogen-bond donors (Lipinski definition) is 4. The summed E-state index contributed by atoms with van der Waals surface area (Å²) in [5.74, 6) is -0.647. The fraction of sp³-hybridized carbons (Fsp3) is 0.105. The highest BCUT2D eigenvalue weighted by Crippen LogP contribution is 2.25. The van der Waals surface area contributed by atoms with Crippen molar-refractivity contribution < 1.29 is 15.0 Å². The van der Waals surface area contributed by atoms with Crippen LogP contribution in [0.1, 0.15) is 11.1 Å². The van der Waals surface area contributed by atoms with Gasteiger partial charge in [-0.05, 0) is 54.0 Å². The summed E-state index contributed by atoms with van der Waals surface area (Å²) in [7, 11) is 0. The number of fused-ring (bicyclic) bond motifs is 1. The molecule has 0 spiro atoms. The molecule has 25 heavy (non-hydrogen) atoms. The van der Waals surface area contributed by atoms with E-state index in [1.54, 1.807) is 12.1 Å². The normalized spacial score (nSPS) is 11.2. The molecule has 0 aliphatic carbocycles. The van der Waals surface area contributed by atoms with Gasteiger partial charge in [0, 0.05) is 34.7 Å². The summed E-state index contributed by atoms with van der Waals surface area (Å²) in [5.41, 5.74) is 2.72. The molecule has 2 aromatic carbocycles. The quantitative estimate of drug-likeness (QED) is 0.416. The smallest absolute Gasteiger partial charge is 0.244 e. The third-order valence-electron chi connectivity index (χ3n) is 3.85. The average molecular weight is 357 g/mol.